The molecule has 0 saturated carbocycles. The first-order valence-corrected chi connectivity index (χ1v) is 13.1. The van der Waals surface area contributed by atoms with Crippen molar-refractivity contribution < 1.29 is 14.3 Å². The molecule has 0 heterocycles. The lowest BCUT2D eigenvalue weighted by Gasteiger charge is -2.06. The molecule has 0 spiro atoms. The summed E-state index contributed by atoms with van der Waals surface area (Å²) in [6.07, 6.45) is 17.3. The summed E-state index contributed by atoms with van der Waals surface area (Å²) in [5, 5.41) is 0. The molecule has 0 bridgehead atoms. The third-order valence-corrected chi connectivity index (χ3v) is 6.20. The van der Waals surface area contributed by atoms with Crippen LogP contribution < -0.4 is 0 Å². The zero-order chi connectivity index (χ0) is 23.7. The van der Waals surface area contributed by atoms with E-state index in [2.05, 4.69) is 13.8 Å². The van der Waals surface area contributed by atoms with Gasteiger partial charge in [-0.15, -0.1) is 0 Å². The van der Waals surface area contributed by atoms with Crippen molar-refractivity contribution in [2.24, 2.45) is 0 Å². The number of hydrogen-bond acceptors (Lipinski definition) is 3. The molecule has 0 aromatic heterocycles. The average Bonchev–Trinajstić information content (AvgIpc) is 2.84. The second kappa shape index (κ2) is 16.2. The number of esters is 2. The Morgan fingerprint density at radius 2 is 0.848 bits per heavy atom. The van der Waals surface area contributed by atoms with Crippen LogP contribution in [-0.2, 0) is 17.6 Å². The first kappa shape index (κ1) is 26.8. The van der Waals surface area contributed by atoms with E-state index in [9.17, 15) is 9.59 Å². The third kappa shape index (κ3) is 10.8. The monoisotopic (exact) mass is 450 g/mol. The van der Waals surface area contributed by atoms with Crippen molar-refractivity contribution in [3.05, 3.63) is 70.8 Å². The molecule has 2 rings (SSSR count). The first-order valence-electron chi connectivity index (χ1n) is 13.1. The van der Waals surface area contributed by atoms with Crippen molar-refractivity contribution in [2.75, 3.05) is 0 Å². The van der Waals surface area contributed by atoms with E-state index in [1.54, 1.807) is 24.3 Å². The lowest BCUT2D eigenvalue weighted by atomic mass is 10.0. The number of benzene rings is 2. The van der Waals surface area contributed by atoms with Crippen LogP contribution in [0.4, 0.5) is 0 Å². The number of unbranched alkanes of at least 4 members (excludes halogenated alkanes) is 10. The molecular weight excluding hydrogens is 408 g/mol. The van der Waals surface area contributed by atoms with E-state index in [4.69, 9.17) is 4.74 Å². The highest BCUT2D eigenvalue weighted by molar-refractivity contribution is 6.02. The van der Waals surface area contributed by atoms with Crippen LogP contribution in [0.1, 0.15) is 123 Å². The van der Waals surface area contributed by atoms with Gasteiger partial charge in [-0.25, -0.2) is 9.59 Å². The second-order valence-corrected chi connectivity index (χ2v) is 9.11. The van der Waals surface area contributed by atoms with Gasteiger partial charge in [0.15, 0.2) is 0 Å². The molecule has 33 heavy (non-hydrogen) atoms. The van der Waals surface area contributed by atoms with E-state index < -0.39 is 11.9 Å². The molecule has 3 heteroatoms. The molecule has 0 aliphatic rings. The number of carbonyl (C=O) groups excluding carboxylic acids is 2. The molecule has 0 aliphatic heterocycles. The van der Waals surface area contributed by atoms with Crippen LogP contribution in [0.5, 0.6) is 0 Å². The SMILES string of the molecule is CCCCCCCCc1ccc(C(=O)OC(=O)c2ccc(CCCCCCCC)cc2)cc1. The maximum atomic E-state index is 12.4. The van der Waals surface area contributed by atoms with E-state index in [0.717, 1.165) is 12.8 Å². The summed E-state index contributed by atoms with van der Waals surface area (Å²) in [6.45, 7) is 4.46. The summed E-state index contributed by atoms with van der Waals surface area (Å²) >= 11 is 0. The van der Waals surface area contributed by atoms with Crippen molar-refractivity contribution in [1.82, 2.24) is 0 Å². The van der Waals surface area contributed by atoms with Crippen LogP contribution in [0.15, 0.2) is 48.5 Å². The van der Waals surface area contributed by atoms with Crippen molar-refractivity contribution >= 4 is 11.9 Å². The maximum Gasteiger partial charge on any atom is 0.346 e. The van der Waals surface area contributed by atoms with Crippen LogP contribution in [0.3, 0.4) is 0 Å². The van der Waals surface area contributed by atoms with Gasteiger partial charge in [0.2, 0.25) is 0 Å². The molecule has 0 aliphatic carbocycles. The smallest absolute Gasteiger partial charge is 0.346 e. The maximum absolute atomic E-state index is 12.4. The molecule has 0 atom stereocenters. The predicted octanol–water partition coefficient (Wildman–Crippen LogP) is 8.49. The third-order valence-electron chi connectivity index (χ3n) is 6.20. The minimum Gasteiger partial charge on any atom is -0.386 e. The zero-order valence-electron chi connectivity index (χ0n) is 20.7. The number of carbonyl (C=O) groups is 2. The molecule has 0 unspecified atom stereocenters. The van der Waals surface area contributed by atoms with E-state index in [0.29, 0.717) is 11.1 Å². The highest BCUT2D eigenvalue weighted by Crippen LogP contribution is 2.14. The van der Waals surface area contributed by atoms with Crippen molar-refractivity contribution in [1.29, 1.82) is 0 Å². The van der Waals surface area contributed by atoms with Crippen LogP contribution in [0, 0.1) is 0 Å². The Kier molecular flexibility index (Phi) is 13.2. The standard InChI is InChI=1S/C30H42O3/c1-3-5-7-9-11-13-15-25-17-21-27(22-18-25)29(31)33-30(32)28-23-19-26(20-24-28)16-14-12-10-8-6-4-2/h17-24H,3-16H2,1-2H3. The van der Waals surface area contributed by atoms with Gasteiger partial charge in [-0.2, -0.15) is 0 Å². The fourth-order valence-electron chi connectivity index (χ4n) is 4.04. The summed E-state index contributed by atoms with van der Waals surface area (Å²) in [7, 11) is 0. The van der Waals surface area contributed by atoms with Gasteiger partial charge in [0.05, 0.1) is 11.1 Å². The number of hydrogen-bond donors (Lipinski definition) is 0. The summed E-state index contributed by atoms with van der Waals surface area (Å²) in [5.41, 5.74) is 3.26. The van der Waals surface area contributed by atoms with Gasteiger partial charge >= 0.3 is 11.9 Å². The topological polar surface area (TPSA) is 43.4 Å². The lowest BCUT2D eigenvalue weighted by Crippen LogP contribution is -2.13. The molecule has 0 N–H and O–H groups in total. The Bertz CT molecular complexity index is 736. The Hall–Kier alpha value is -2.42. The quantitative estimate of drug-likeness (QED) is 0.146. The Labute approximate surface area is 200 Å². The Morgan fingerprint density at radius 1 is 0.515 bits per heavy atom. The molecule has 0 saturated heterocycles. The molecule has 0 amide bonds. The van der Waals surface area contributed by atoms with Crippen molar-refractivity contribution in [3.8, 4) is 0 Å². The fourth-order valence-corrected chi connectivity index (χ4v) is 4.04. The number of ether oxygens (including phenoxy) is 1. The molecule has 2 aromatic carbocycles. The predicted molar refractivity (Wildman–Crippen MR) is 137 cm³/mol. The van der Waals surface area contributed by atoms with Gasteiger partial charge < -0.3 is 4.74 Å². The lowest BCUT2D eigenvalue weighted by molar-refractivity contribution is 0.0398. The molecular formula is C30H42O3. The summed E-state index contributed by atoms with van der Waals surface area (Å²) in [6, 6.07) is 14.9. The Balaban J connectivity index is 1.73. The van der Waals surface area contributed by atoms with Gasteiger partial charge in [0.1, 0.15) is 0 Å². The highest BCUT2D eigenvalue weighted by Gasteiger charge is 2.15. The number of aryl methyl sites for hydroxylation is 2. The first-order chi connectivity index (χ1) is 16.1. The average molecular weight is 451 g/mol. The summed E-state index contributed by atoms with van der Waals surface area (Å²) < 4.78 is 5.10. The van der Waals surface area contributed by atoms with Crippen molar-refractivity contribution in [2.45, 2.75) is 104 Å². The second-order valence-electron chi connectivity index (χ2n) is 9.11. The van der Waals surface area contributed by atoms with Crippen LogP contribution in [0.25, 0.3) is 0 Å². The number of rotatable bonds is 16. The molecule has 2 aromatic rings. The van der Waals surface area contributed by atoms with Crippen LogP contribution >= 0.6 is 0 Å². The van der Waals surface area contributed by atoms with Gasteiger partial charge in [-0.3, -0.25) is 0 Å². The van der Waals surface area contributed by atoms with E-state index in [1.165, 1.54) is 88.2 Å². The molecule has 180 valence electrons. The minimum atomic E-state index is -0.595. The van der Waals surface area contributed by atoms with Crippen LogP contribution in [0.2, 0.25) is 0 Å². The molecule has 3 nitrogen and oxygen atoms in total. The van der Waals surface area contributed by atoms with Gasteiger partial charge in [0.25, 0.3) is 0 Å². The van der Waals surface area contributed by atoms with Gasteiger partial charge in [-0.05, 0) is 61.1 Å². The molecule has 0 fully saturated rings. The van der Waals surface area contributed by atoms with Crippen LogP contribution in [-0.4, -0.2) is 11.9 Å². The summed E-state index contributed by atoms with van der Waals surface area (Å²) in [5.74, 6) is -1.19. The zero-order valence-corrected chi connectivity index (χ0v) is 20.7. The Morgan fingerprint density at radius 3 is 1.21 bits per heavy atom. The largest absolute Gasteiger partial charge is 0.386 e. The highest BCUT2D eigenvalue weighted by atomic mass is 16.6. The van der Waals surface area contributed by atoms with E-state index in [-0.39, 0.29) is 0 Å². The van der Waals surface area contributed by atoms with E-state index >= 15 is 0 Å². The normalized spacial score (nSPS) is 10.8. The minimum absolute atomic E-state index is 0.412. The van der Waals surface area contributed by atoms with Gasteiger partial charge in [-0.1, -0.05) is 102 Å². The van der Waals surface area contributed by atoms with Gasteiger partial charge in [0, 0.05) is 0 Å². The fraction of sp³-hybridized carbons (Fsp3) is 0.533. The van der Waals surface area contributed by atoms with E-state index in [1.807, 2.05) is 24.3 Å². The molecule has 0 radical (unpaired) electrons. The summed E-state index contributed by atoms with van der Waals surface area (Å²) in [4.78, 5) is 24.7. The van der Waals surface area contributed by atoms with Crippen molar-refractivity contribution in [3.63, 3.8) is 0 Å².